The fourth-order valence-electron chi connectivity index (χ4n) is 3.17. The van der Waals surface area contributed by atoms with Gasteiger partial charge in [-0.15, -0.1) is 0 Å². The van der Waals surface area contributed by atoms with Gasteiger partial charge < -0.3 is 5.32 Å². The number of hydrogen-bond acceptors (Lipinski definition) is 2. The normalized spacial score (nSPS) is 37.0. The van der Waals surface area contributed by atoms with E-state index in [1.807, 2.05) is 0 Å². The fraction of sp³-hybridized carbons (Fsp3) is 1.00. The lowest BCUT2D eigenvalue weighted by molar-refractivity contribution is 0.136. The average Bonchev–Trinajstić information content (AvgIpc) is 2.59. The van der Waals surface area contributed by atoms with Crippen LogP contribution >= 0.6 is 0 Å². The molecule has 88 valence electrons. The molecule has 2 unspecified atom stereocenters. The minimum Gasteiger partial charge on any atom is -0.311 e. The molecule has 2 atom stereocenters. The third-order valence-corrected chi connectivity index (χ3v) is 4.24. The predicted octanol–water partition coefficient (Wildman–Crippen LogP) is 2.25. The highest BCUT2D eigenvalue weighted by molar-refractivity contribution is 4.91. The van der Waals surface area contributed by atoms with Gasteiger partial charge in [0.15, 0.2) is 0 Å². The molecule has 1 aliphatic heterocycles. The zero-order chi connectivity index (χ0) is 10.9. The highest BCUT2D eigenvalue weighted by Gasteiger charge is 2.35. The van der Waals surface area contributed by atoms with Crippen LogP contribution in [-0.2, 0) is 0 Å². The summed E-state index contributed by atoms with van der Waals surface area (Å²) in [5.41, 5.74) is 0.594. The molecule has 2 nitrogen and oxygen atoms in total. The molecule has 2 rings (SSSR count). The summed E-state index contributed by atoms with van der Waals surface area (Å²) in [6.45, 7) is 10.9. The molecule has 0 amide bonds. The quantitative estimate of drug-likeness (QED) is 0.752. The van der Waals surface area contributed by atoms with Crippen LogP contribution in [0, 0.1) is 5.41 Å². The number of hydrogen-bond donors (Lipinski definition) is 1. The van der Waals surface area contributed by atoms with Gasteiger partial charge in [-0.05, 0) is 31.1 Å². The molecule has 0 aromatic heterocycles. The van der Waals surface area contributed by atoms with Crippen molar-refractivity contribution in [2.75, 3.05) is 19.6 Å². The van der Waals surface area contributed by atoms with Crippen molar-refractivity contribution in [3.05, 3.63) is 0 Å². The van der Waals surface area contributed by atoms with Crippen molar-refractivity contribution in [2.24, 2.45) is 5.41 Å². The summed E-state index contributed by atoms with van der Waals surface area (Å²) in [5.74, 6) is 0. The molecule has 1 heterocycles. The Balaban J connectivity index is 1.88. The monoisotopic (exact) mass is 210 g/mol. The Bertz CT molecular complexity index is 213. The van der Waals surface area contributed by atoms with Crippen LogP contribution in [0.2, 0.25) is 0 Å². The van der Waals surface area contributed by atoms with Gasteiger partial charge in [-0.3, -0.25) is 4.90 Å². The first-order valence-corrected chi connectivity index (χ1v) is 6.58. The minimum absolute atomic E-state index is 0.594. The van der Waals surface area contributed by atoms with E-state index >= 15 is 0 Å². The van der Waals surface area contributed by atoms with Crippen LogP contribution in [-0.4, -0.2) is 36.6 Å². The van der Waals surface area contributed by atoms with Crippen molar-refractivity contribution in [3.8, 4) is 0 Å². The van der Waals surface area contributed by atoms with Crippen molar-refractivity contribution in [2.45, 2.75) is 58.5 Å². The maximum Gasteiger partial charge on any atom is 0.0193 e. The van der Waals surface area contributed by atoms with E-state index in [4.69, 9.17) is 0 Å². The van der Waals surface area contributed by atoms with Crippen LogP contribution in [0.1, 0.15) is 46.5 Å². The molecule has 1 saturated heterocycles. The SMILES string of the molecule is CCC1CN(C2CCC(C)(C)C2)CCN1. The van der Waals surface area contributed by atoms with Gasteiger partial charge in [-0.2, -0.15) is 0 Å². The molecule has 2 fully saturated rings. The van der Waals surface area contributed by atoms with Crippen LogP contribution in [0.15, 0.2) is 0 Å². The summed E-state index contributed by atoms with van der Waals surface area (Å²) >= 11 is 0. The van der Waals surface area contributed by atoms with Crippen LogP contribution in [0.25, 0.3) is 0 Å². The van der Waals surface area contributed by atoms with Crippen molar-refractivity contribution in [1.29, 1.82) is 0 Å². The number of nitrogens with one attached hydrogen (secondary N) is 1. The van der Waals surface area contributed by atoms with Gasteiger partial charge in [0.2, 0.25) is 0 Å². The molecule has 0 bridgehead atoms. The van der Waals surface area contributed by atoms with E-state index in [-0.39, 0.29) is 0 Å². The summed E-state index contributed by atoms with van der Waals surface area (Å²) in [7, 11) is 0. The maximum absolute atomic E-state index is 3.60. The summed E-state index contributed by atoms with van der Waals surface area (Å²) in [5, 5.41) is 3.60. The maximum atomic E-state index is 3.60. The molecule has 1 N–H and O–H groups in total. The molecule has 0 aromatic carbocycles. The molecule has 2 aliphatic rings. The summed E-state index contributed by atoms with van der Waals surface area (Å²) in [4.78, 5) is 2.74. The van der Waals surface area contributed by atoms with Gasteiger partial charge in [0, 0.05) is 31.7 Å². The topological polar surface area (TPSA) is 15.3 Å². The molecule has 0 spiro atoms. The Hall–Kier alpha value is -0.0800. The standard InChI is InChI=1S/C13H26N2/c1-4-11-10-15(8-7-14-11)12-5-6-13(2,3)9-12/h11-12,14H,4-10H2,1-3H3. The predicted molar refractivity (Wildman–Crippen MR) is 65.1 cm³/mol. The highest BCUT2D eigenvalue weighted by Crippen LogP contribution is 2.39. The Morgan fingerprint density at radius 3 is 2.80 bits per heavy atom. The van der Waals surface area contributed by atoms with Crippen LogP contribution in [0.3, 0.4) is 0 Å². The molecule has 1 saturated carbocycles. The molecule has 0 aromatic rings. The second-order valence-corrected chi connectivity index (χ2v) is 6.12. The molecule has 1 aliphatic carbocycles. The van der Waals surface area contributed by atoms with Crippen LogP contribution in [0.5, 0.6) is 0 Å². The van der Waals surface area contributed by atoms with Gasteiger partial charge in [0.25, 0.3) is 0 Å². The first kappa shape index (κ1) is 11.4. The Labute approximate surface area is 94.4 Å². The zero-order valence-electron chi connectivity index (χ0n) is 10.6. The first-order valence-electron chi connectivity index (χ1n) is 6.58. The number of rotatable bonds is 2. The molecular weight excluding hydrogens is 184 g/mol. The van der Waals surface area contributed by atoms with Gasteiger partial charge in [-0.25, -0.2) is 0 Å². The largest absolute Gasteiger partial charge is 0.311 e. The van der Waals surface area contributed by atoms with Crippen LogP contribution in [0.4, 0.5) is 0 Å². The van der Waals surface area contributed by atoms with E-state index in [9.17, 15) is 0 Å². The molecule has 0 radical (unpaired) electrons. The third kappa shape index (κ3) is 2.73. The average molecular weight is 210 g/mol. The van der Waals surface area contributed by atoms with E-state index in [0.29, 0.717) is 5.41 Å². The lowest BCUT2D eigenvalue weighted by Crippen LogP contribution is -2.53. The van der Waals surface area contributed by atoms with E-state index in [1.165, 1.54) is 45.3 Å². The Kier molecular flexibility index (Phi) is 3.36. The van der Waals surface area contributed by atoms with Crippen molar-refractivity contribution >= 4 is 0 Å². The van der Waals surface area contributed by atoms with E-state index in [0.717, 1.165) is 12.1 Å². The number of nitrogens with zero attached hydrogens (tertiary/aromatic N) is 1. The third-order valence-electron chi connectivity index (χ3n) is 4.24. The summed E-state index contributed by atoms with van der Waals surface area (Å²) in [6, 6.07) is 1.61. The van der Waals surface area contributed by atoms with E-state index in [1.54, 1.807) is 0 Å². The fourth-order valence-corrected chi connectivity index (χ4v) is 3.17. The molecule has 2 heteroatoms. The zero-order valence-corrected chi connectivity index (χ0v) is 10.6. The van der Waals surface area contributed by atoms with Crippen molar-refractivity contribution in [3.63, 3.8) is 0 Å². The highest BCUT2D eigenvalue weighted by atomic mass is 15.2. The summed E-state index contributed by atoms with van der Waals surface area (Å²) in [6.07, 6.45) is 5.51. The number of piperazine rings is 1. The van der Waals surface area contributed by atoms with Gasteiger partial charge >= 0.3 is 0 Å². The van der Waals surface area contributed by atoms with Crippen LogP contribution < -0.4 is 5.32 Å². The minimum atomic E-state index is 0.594. The lowest BCUT2D eigenvalue weighted by Gasteiger charge is -2.37. The van der Waals surface area contributed by atoms with E-state index in [2.05, 4.69) is 31.0 Å². The summed E-state index contributed by atoms with van der Waals surface area (Å²) < 4.78 is 0. The Morgan fingerprint density at radius 1 is 1.40 bits per heavy atom. The second kappa shape index (κ2) is 4.42. The van der Waals surface area contributed by atoms with Gasteiger partial charge in [0.1, 0.15) is 0 Å². The molecular formula is C13H26N2. The first-order chi connectivity index (χ1) is 7.11. The van der Waals surface area contributed by atoms with Gasteiger partial charge in [0.05, 0.1) is 0 Å². The molecule has 15 heavy (non-hydrogen) atoms. The van der Waals surface area contributed by atoms with E-state index < -0.39 is 0 Å². The second-order valence-electron chi connectivity index (χ2n) is 6.12. The van der Waals surface area contributed by atoms with Crippen molar-refractivity contribution in [1.82, 2.24) is 10.2 Å². The lowest BCUT2D eigenvalue weighted by atomic mass is 9.91. The Morgan fingerprint density at radius 2 is 2.20 bits per heavy atom. The van der Waals surface area contributed by atoms with Crippen molar-refractivity contribution < 1.29 is 0 Å². The van der Waals surface area contributed by atoms with Gasteiger partial charge in [-0.1, -0.05) is 20.8 Å². The smallest absolute Gasteiger partial charge is 0.0193 e.